The lowest BCUT2D eigenvalue weighted by atomic mass is 9.89. The van der Waals surface area contributed by atoms with Gasteiger partial charge in [0.2, 0.25) is 5.95 Å². The first-order valence-electron chi connectivity index (χ1n) is 10.8. The Morgan fingerprint density at radius 1 is 0.900 bits per heavy atom. The zero-order chi connectivity index (χ0) is 21.7. The molecule has 3 rings (SSSR count). The first-order valence-corrected chi connectivity index (χ1v) is 10.8. The highest BCUT2D eigenvalue weighted by Gasteiger charge is 2.15. The molecule has 0 amide bonds. The predicted molar refractivity (Wildman–Crippen MR) is 120 cm³/mol. The number of nitrogens with zero attached hydrogens (tertiary/aromatic N) is 3. The van der Waals surface area contributed by atoms with E-state index in [0.29, 0.717) is 17.4 Å². The first-order chi connectivity index (χ1) is 14.3. The number of halogens is 1. The van der Waals surface area contributed by atoms with E-state index in [4.69, 9.17) is 0 Å². The van der Waals surface area contributed by atoms with Crippen molar-refractivity contribution in [1.82, 2.24) is 15.0 Å². The van der Waals surface area contributed by atoms with Crippen LogP contribution in [0, 0.1) is 12.9 Å². The Bertz CT molecular complexity index is 984. The van der Waals surface area contributed by atoms with Gasteiger partial charge in [-0.3, -0.25) is 9.97 Å². The molecule has 2 unspecified atom stereocenters. The number of hydrogen-bond donors (Lipinski definition) is 0. The number of rotatable bonds is 8. The summed E-state index contributed by atoms with van der Waals surface area (Å²) < 4.78 is 14.0. The minimum atomic E-state index is -0.379. The van der Waals surface area contributed by atoms with Crippen LogP contribution >= 0.6 is 0 Å². The Hall–Kier alpha value is -2.62. The van der Waals surface area contributed by atoms with Crippen LogP contribution in [0.25, 0.3) is 0 Å². The van der Waals surface area contributed by atoms with E-state index in [1.165, 1.54) is 22.9 Å². The Morgan fingerprint density at radius 2 is 1.70 bits per heavy atom. The molecule has 2 atom stereocenters. The van der Waals surface area contributed by atoms with Gasteiger partial charge in [-0.05, 0) is 72.3 Å². The van der Waals surface area contributed by atoms with Crippen LogP contribution in [0.2, 0.25) is 0 Å². The molecule has 30 heavy (non-hydrogen) atoms. The number of aromatic nitrogens is 3. The summed E-state index contributed by atoms with van der Waals surface area (Å²) in [6.45, 7) is 10.8. The summed E-state index contributed by atoms with van der Waals surface area (Å²) >= 11 is 0. The Morgan fingerprint density at radius 3 is 2.43 bits per heavy atom. The van der Waals surface area contributed by atoms with E-state index in [1.807, 2.05) is 31.6 Å². The molecule has 0 aliphatic carbocycles. The topological polar surface area (TPSA) is 38.7 Å². The maximum Gasteiger partial charge on any atom is 0.216 e. The minimum Gasteiger partial charge on any atom is -0.264 e. The van der Waals surface area contributed by atoms with Gasteiger partial charge >= 0.3 is 0 Å². The molecule has 0 bridgehead atoms. The first kappa shape index (κ1) is 22.1. The van der Waals surface area contributed by atoms with E-state index in [0.717, 1.165) is 30.5 Å². The zero-order valence-corrected chi connectivity index (χ0v) is 18.7. The molecular weight excluding hydrogens is 373 g/mol. The fourth-order valence-corrected chi connectivity index (χ4v) is 3.93. The summed E-state index contributed by atoms with van der Waals surface area (Å²) in [4.78, 5) is 12.8. The van der Waals surface area contributed by atoms with Crippen LogP contribution in [-0.4, -0.2) is 15.0 Å². The molecule has 0 aromatic carbocycles. The Kier molecular flexibility index (Phi) is 7.30. The van der Waals surface area contributed by atoms with E-state index < -0.39 is 0 Å². The van der Waals surface area contributed by atoms with E-state index >= 15 is 0 Å². The summed E-state index contributed by atoms with van der Waals surface area (Å²) in [5, 5.41) is 0. The van der Waals surface area contributed by atoms with E-state index in [9.17, 15) is 4.39 Å². The average molecular weight is 406 g/mol. The van der Waals surface area contributed by atoms with Crippen molar-refractivity contribution in [2.24, 2.45) is 0 Å². The standard InChI is InChI=1S/C26H32FN3/c1-17(2)23-12-21(14-28-16-23)9-8-18(3)25-13-22(15-30-20(25)5)11-19(4)24-7-6-10-29-26(24)27/h6-7,10,12-19H,8-9,11H2,1-5H3. The van der Waals surface area contributed by atoms with Gasteiger partial charge in [0.05, 0.1) is 0 Å². The maximum atomic E-state index is 14.0. The summed E-state index contributed by atoms with van der Waals surface area (Å²) in [7, 11) is 0. The second-order valence-corrected chi connectivity index (χ2v) is 8.73. The third-order valence-electron chi connectivity index (χ3n) is 5.92. The van der Waals surface area contributed by atoms with Crippen molar-refractivity contribution in [2.75, 3.05) is 0 Å². The molecule has 3 nitrogen and oxygen atoms in total. The quantitative estimate of drug-likeness (QED) is 0.400. The van der Waals surface area contributed by atoms with Crippen LogP contribution in [0.4, 0.5) is 4.39 Å². The van der Waals surface area contributed by atoms with Crippen molar-refractivity contribution in [1.29, 1.82) is 0 Å². The van der Waals surface area contributed by atoms with Gasteiger partial charge in [-0.2, -0.15) is 4.39 Å². The number of hydrogen-bond acceptors (Lipinski definition) is 3. The van der Waals surface area contributed by atoms with Crippen molar-refractivity contribution in [3.8, 4) is 0 Å². The molecule has 0 spiro atoms. The van der Waals surface area contributed by atoms with Gasteiger partial charge in [0, 0.05) is 36.0 Å². The van der Waals surface area contributed by atoms with E-state index in [-0.39, 0.29) is 11.9 Å². The molecular formula is C26H32FN3. The summed E-state index contributed by atoms with van der Waals surface area (Å²) in [6, 6.07) is 8.13. The van der Waals surface area contributed by atoms with Gasteiger partial charge in [0.15, 0.2) is 0 Å². The molecule has 3 heterocycles. The third kappa shape index (κ3) is 5.50. The van der Waals surface area contributed by atoms with Gasteiger partial charge in [-0.25, -0.2) is 4.98 Å². The summed E-state index contributed by atoms with van der Waals surface area (Å²) in [5.41, 5.74) is 6.72. The summed E-state index contributed by atoms with van der Waals surface area (Å²) in [6.07, 6.45) is 10.1. The molecule has 0 aliphatic rings. The lowest BCUT2D eigenvalue weighted by Crippen LogP contribution is -2.06. The smallest absolute Gasteiger partial charge is 0.216 e. The average Bonchev–Trinajstić information content (AvgIpc) is 2.73. The SMILES string of the molecule is Cc1ncc(CC(C)c2cccnc2F)cc1C(C)CCc1cncc(C(C)C)c1. The number of aryl methyl sites for hydroxylation is 2. The fourth-order valence-electron chi connectivity index (χ4n) is 3.93. The molecule has 4 heteroatoms. The normalized spacial score (nSPS) is 13.4. The molecule has 0 N–H and O–H groups in total. The van der Waals surface area contributed by atoms with E-state index in [1.54, 1.807) is 6.07 Å². The highest BCUT2D eigenvalue weighted by molar-refractivity contribution is 5.30. The molecule has 0 radical (unpaired) electrons. The van der Waals surface area contributed by atoms with Crippen LogP contribution in [0.15, 0.2) is 49.1 Å². The molecule has 158 valence electrons. The fraction of sp³-hybridized carbons (Fsp3) is 0.423. The molecule has 3 aromatic heterocycles. The van der Waals surface area contributed by atoms with Gasteiger partial charge in [-0.1, -0.05) is 45.9 Å². The lowest BCUT2D eigenvalue weighted by Gasteiger charge is -2.18. The molecule has 0 fully saturated rings. The second-order valence-electron chi connectivity index (χ2n) is 8.73. The molecule has 3 aromatic rings. The third-order valence-corrected chi connectivity index (χ3v) is 5.92. The van der Waals surface area contributed by atoms with Gasteiger partial charge < -0.3 is 0 Å². The predicted octanol–water partition coefficient (Wildman–Crippen LogP) is 6.53. The monoisotopic (exact) mass is 405 g/mol. The largest absolute Gasteiger partial charge is 0.264 e. The van der Waals surface area contributed by atoms with Crippen LogP contribution in [0.3, 0.4) is 0 Å². The van der Waals surface area contributed by atoms with Gasteiger partial charge in [0.1, 0.15) is 0 Å². The van der Waals surface area contributed by atoms with Crippen LogP contribution in [0.5, 0.6) is 0 Å². The van der Waals surface area contributed by atoms with Crippen molar-refractivity contribution in [3.63, 3.8) is 0 Å². The van der Waals surface area contributed by atoms with Crippen LogP contribution in [-0.2, 0) is 12.8 Å². The zero-order valence-electron chi connectivity index (χ0n) is 18.7. The van der Waals surface area contributed by atoms with E-state index in [2.05, 4.69) is 54.8 Å². The van der Waals surface area contributed by atoms with Crippen molar-refractivity contribution in [2.45, 2.75) is 71.6 Å². The highest BCUT2D eigenvalue weighted by atomic mass is 19.1. The van der Waals surface area contributed by atoms with Crippen molar-refractivity contribution >= 4 is 0 Å². The Balaban J connectivity index is 1.70. The molecule has 0 aliphatic heterocycles. The lowest BCUT2D eigenvalue weighted by molar-refractivity contribution is 0.548. The number of pyridine rings is 3. The summed E-state index contributed by atoms with van der Waals surface area (Å²) in [5.74, 6) is 0.558. The van der Waals surface area contributed by atoms with Crippen LogP contribution < -0.4 is 0 Å². The van der Waals surface area contributed by atoms with Crippen LogP contribution in [0.1, 0.15) is 85.4 Å². The second kappa shape index (κ2) is 9.92. The minimum absolute atomic E-state index is 0.0520. The molecule has 0 saturated heterocycles. The van der Waals surface area contributed by atoms with Gasteiger partial charge in [0.25, 0.3) is 0 Å². The Labute approximate surface area is 179 Å². The van der Waals surface area contributed by atoms with Gasteiger partial charge in [-0.15, -0.1) is 0 Å². The highest BCUT2D eigenvalue weighted by Crippen LogP contribution is 2.27. The maximum absolute atomic E-state index is 14.0. The molecule has 0 saturated carbocycles. The van der Waals surface area contributed by atoms with Crippen molar-refractivity contribution in [3.05, 3.63) is 88.5 Å². The van der Waals surface area contributed by atoms with Crippen molar-refractivity contribution < 1.29 is 4.39 Å².